The maximum absolute atomic E-state index is 12.0. The van der Waals surface area contributed by atoms with E-state index in [2.05, 4.69) is 5.32 Å². The largest absolute Gasteiger partial charge is 0.379 e. The summed E-state index contributed by atoms with van der Waals surface area (Å²) < 4.78 is 5.36. The molecule has 1 aromatic rings. The van der Waals surface area contributed by atoms with Gasteiger partial charge in [-0.25, -0.2) is 0 Å². The summed E-state index contributed by atoms with van der Waals surface area (Å²) in [6.07, 6.45) is 1.81. The first-order valence-corrected chi connectivity index (χ1v) is 6.83. The molecule has 0 saturated carbocycles. The predicted molar refractivity (Wildman–Crippen MR) is 78.6 cm³/mol. The third-order valence-electron chi connectivity index (χ3n) is 3.37. The number of nitro benzene ring substituents is 1. The van der Waals surface area contributed by atoms with Crippen LogP contribution in [0.15, 0.2) is 18.2 Å². The summed E-state index contributed by atoms with van der Waals surface area (Å²) in [5.41, 5.74) is 0.754. The highest BCUT2D eigenvalue weighted by molar-refractivity contribution is 5.95. The first-order chi connectivity index (χ1) is 9.99. The molecule has 1 unspecified atom stereocenters. The molecule has 0 aromatic heterocycles. The quantitative estimate of drug-likeness (QED) is 0.677. The number of benzene rings is 1. The molecule has 1 N–H and O–H groups in total. The van der Waals surface area contributed by atoms with Crippen molar-refractivity contribution in [1.82, 2.24) is 4.90 Å². The van der Waals surface area contributed by atoms with Crippen LogP contribution in [-0.4, -0.2) is 49.1 Å². The van der Waals surface area contributed by atoms with E-state index in [4.69, 9.17) is 4.74 Å². The van der Waals surface area contributed by atoms with E-state index in [9.17, 15) is 14.9 Å². The number of carbonyl (C=O) groups is 1. The molecule has 7 nitrogen and oxygen atoms in total. The molecule has 1 amide bonds. The molecule has 0 radical (unpaired) electrons. The van der Waals surface area contributed by atoms with E-state index in [0.717, 1.165) is 19.4 Å². The molecule has 1 heterocycles. The minimum Gasteiger partial charge on any atom is -0.379 e. The van der Waals surface area contributed by atoms with Gasteiger partial charge < -0.3 is 15.0 Å². The van der Waals surface area contributed by atoms with Gasteiger partial charge in [-0.15, -0.1) is 0 Å². The second-order valence-electron chi connectivity index (χ2n) is 5.25. The molecule has 7 heteroatoms. The Labute approximate surface area is 123 Å². The van der Waals surface area contributed by atoms with Crippen LogP contribution >= 0.6 is 0 Å². The van der Waals surface area contributed by atoms with Crippen molar-refractivity contribution in [3.63, 3.8) is 0 Å². The van der Waals surface area contributed by atoms with Crippen LogP contribution in [-0.2, 0) is 4.74 Å². The van der Waals surface area contributed by atoms with Gasteiger partial charge in [0.1, 0.15) is 5.69 Å². The highest BCUT2D eigenvalue weighted by Gasteiger charge is 2.21. The molecule has 0 bridgehead atoms. The molecule has 1 saturated heterocycles. The summed E-state index contributed by atoms with van der Waals surface area (Å²) in [7, 11) is 3.29. The van der Waals surface area contributed by atoms with Gasteiger partial charge in [0.2, 0.25) is 0 Å². The second kappa shape index (κ2) is 6.53. The van der Waals surface area contributed by atoms with Crippen molar-refractivity contribution in [2.45, 2.75) is 18.9 Å². The Bertz CT molecular complexity index is 539. The average Bonchev–Trinajstić information content (AvgIpc) is 2.47. The number of anilines is 1. The van der Waals surface area contributed by atoms with Gasteiger partial charge in [0.25, 0.3) is 11.6 Å². The molecule has 1 aliphatic heterocycles. The monoisotopic (exact) mass is 293 g/mol. The van der Waals surface area contributed by atoms with E-state index in [-0.39, 0.29) is 17.6 Å². The second-order valence-corrected chi connectivity index (χ2v) is 5.25. The zero-order chi connectivity index (χ0) is 15.4. The van der Waals surface area contributed by atoms with Gasteiger partial charge in [-0.2, -0.15) is 0 Å². The number of rotatable bonds is 4. The minimum absolute atomic E-state index is 0.0298. The summed E-state index contributed by atoms with van der Waals surface area (Å²) in [4.78, 5) is 24.1. The van der Waals surface area contributed by atoms with Gasteiger partial charge in [0.15, 0.2) is 0 Å². The van der Waals surface area contributed by atoms with Crippen molar-refractivity contribution >= 4 is 17.3 Å². The highest BCUT2D eigenvalue weighted by atomic mass is 16.6. The SMILES string of the molecule is CN(C)C(=O)c1ccc([N+](=O)[O-])c(NC2CCCOC2)c1. The molecule has 1 aliphatic rings. The lowest BCUT2D eigenvalue weighted by Gasteiger charge is -2.24. The molecule has 1 atom stereocenters. The van der Waals surface area contributed by atoms with E-state index in [1.807, 2.05) is 0 Å². The van der Waals surface area contributed by atoms with Gasteiger partial charge in [-0.3, -0.25) is 14.9 Å². The Hall–Kier alpha value is -2.15. The minimum atomic E-state index is -0.448. The van der Waals surface area contributed by atoms with E-state index >= 15 is 0 Å². The summed E-state index contributed by atoms with van der Waals surface area (Å²) in [5, 5.41) is 14.2. The molecule has 21 heavy (non-hydrogen) atoms. The average molecular weight is 293 g/mol. The topological polar surface area (TPSA) is 84.7 Å². The fourth-order valence-corrected chi connectivity index (χ4v) is 2.28. The fraction of sp³-hybridized carbons (Fsp3) is 0.500. The summed E-state index contributed by atoms with van der Waals surface area (Å²) in [6.45, 7) is 1.24. The molecule has 0 aliphatic carbocycles. The molecular formula is C14H19N3O4. The van der Waals surface area contributed by atoms with Crippen LogP contribution in [0.4, 0.5) is 11.4 Å². The van der Waals surface area contributed by atoms with E-state index in [1.54, 1.807) is 14.1 Å². The number of hydrogen-bond acceptors (Lipinski definition) is 5. The number of ether oxygens (including phenoxy) is 1. The van der Waals surface area contributed by atoms with Crippen LogP contribution in [0, 0.1) is 10.1 Å². The Balaban J connectivity index is 2.28. The Morgan fingerprint density at radius 2 is 2.24 bits per heavy atom. The van der Waals surface area contributed by atoms with Gasteiger partial charge in [-0.05, 0) is 25.0 Å². The summed E-state index contributed by atoms with van der Waals surface area (Å²) in [6, 6.07) is 4.41. The zero-order valence-corrected chi connectivity index (χ0v) is 12.2. The van der Waals surface area contributed by atoms with Crippen LogP contribution in [0.3, 0.4) is 0 Å². The standard InChI is InChI=1S/C14H19N3O4/c1-16(2)14(18)10-5-6-13(17(19)20)12(8-10)15-11-4-3-7-21-9-11/h5-6,8,11,15H,3-4,7,9H2,1-2H3. The lowest BCUT2D eigenvalue weighted by atomic mass is 10.1. The number of hydrogen-bond donors (Lipinski definition) is 1. The molecule has 0 spiro atoms. The third kappa shape index (κ3) is 3.69. The molecular weight excluding hydrogens is 274 g/mol. The first kappa shape index (κ1) is 15.2. The fourth-order valence-electron chi connectivity index (χ4n) is 2.28. The van der Waals surface area contributed by atoms with Crippen molar-refractivity contribution < 1.29 is 14.5 Å². The number of carbonyl (C=O) groups excluding carboxylic acids is 1. The Morgan fingerprint density at radius 3 is 2.81 bits per heavy atom. The maximum atomic E-state index is 12.0. The van der Waals surface area contributed by atoms with Gasteiger partial charge in [0, 0.05) is 38.4 Å². The van der Waals surface area contributed by atoms with Crippen LogP contribution < -0.4 is 5.32 Å². The van der Waals surface area contributed by atoms with Crippen LogP contribution in [0.25, 0.3) is 0 Å². The maximum Gasteiger partial charge on any atom is 0.292 e. The molecule has 1 aromatic carbocycles. The van der Waals surface area contributed by atoms with E-state index in [1.165, 1.54) is 23.1 Å². The smallest absolute Gasteiger partial charge is 0.292 e. The lowest BCUT2D eigenvalue weighted by Crippen LogP contribution is -2.30. The summed E-state index contributed by atoms with van der Waals surface area (Å²) >= 11 is 0. The lowest BCUT2D eigenvalue weighted by molar-refractivity contribution is -0.384. The predicted octanol–water partition coefficient (Wildman–Crippen LogP) is 1.89. The van der Waals surface area contributed by atoms with Gasteiger partial charge >= 0.3 is 0 Å². The van der Waals surface area contributed by atoms with Gasteiger partial charge in [0.05, 0.1) is 11.5 Å². The van der Waals surface area contributed by atoms with E-state index in [0.29, 0.717) is 17.9 Å². The van der Waals surface area contributed by atoms with Crippen LogP contribution in [0.5, 0.6) is 0 Å². The number of amides is 1. The van der Waals surface area contributed by atoms with Crippen LogP contribution in [0.1, 0.15) is 23.2 Å². The van der Waals surface area contributed by atoms with E-state index < -0.39 is 4.92 Å². The Kier molecular flexibility index (Phi) is 4.74. The molecule has 2 rings (SSSR count). The molecule has 114 valence electrons. The van der Waals surface area contributed by atoms with Crippen molar-refractivity contribution in [2.24, 2.45) is 0 Å². The number of nitrogens with one attached hydrogen (secondary N) is 1. The van der Waals surface area contributed by atoms with Gasteiger partial charge in [-0.1, -0.05) is 0 Å². The van der Waals surface area contributed by atoms with Crippen molar-refractivity contribution in [2.75, 3.05) is 32.6 Å². The third-order valence-corrected chi connectivity index (χ3v) is 3.37. The zero-order valence-electron chi connectivity index (χ0n) is 12.2. The molecule has 1 fully saturated rings. The highest BCUT2D eigenvalue weighted by Crippen LogP contribution is 2.27. The normalized spacial score (nSPS) is 18.1. The van der Waals surface area contributed by atoms with Crippen molar-refractivity contribution in [3.05, 3.63) is 33.9 Å². The first-order valence-electron chi connectivity index (χ1n) is 6.83. The van der Waals surface area contributed by atoms with Crippen LogP contribution in [0.2, 0.25) is 0 Å². The van der Waals surface area contributed by atoms with Crippen molar-refractivity contribution in [1.29, 1.82) is 0 Å². The number of nitro groups is 1. The van der Waals surface area contributed by atoms with Crippen molar-refractivity contribution in [3.8, 4) is 0 Å². The Morgan fingerprint density at radius 1 is 1.48 bits per heavy atom. The number of nitrogens with zero attached hydrogens (tertiary/aromatic N) is 2. The summed E-state index contributed by atoms with van der Waals surface area (Å²) in [5.74, 6) is -0.187.